The third-order valence-electron chi connectivity index (χ3n) is 7.26. The average molecular weight is 515 g/mol. The maximum absolute atomic E-state index is 13.7. The van der Waals surface area contributed by atoms with Crippen molar-refractivity contribution in [1.29, 1.82) is 0 Å². The van der Waals surface area contributed by atoms with E-state index in [1.807, 2.05) is 62.4 Å². The van der Waals surface area contributed by atoms with Gasteiger partial charge in [0.2, 0.25) is 17.7 Å². The number of oxazole rings is 1. The molecule has 0 unspecified atom stereocenters. The molecule has 5 rings (SSSR count). The summed E-state index contributed by atoms with van der Waals surface area (Å²) in [7, 11) is 0. The molecule has 0 bridgehead atoms. The summed E-state index contributed by atoms with van der Waals surface area (Å²) in [6.07, 6.45) is 3.76. The van der Waals surface area contributed by atoms with Gasteiger partial charge in [-0.05, 0) is 76.6 Å². The number of furan rings is 1. The molecular weight excluding hydrogens is 480 g/mol. The molecule has 7 heteroatoms. The van der Waals surface area contributed by atoms with E-state index < -0.39 is 5.97 Å². The number of benzene rings is 2. The van der Waals surface area contributed by atoms with E-state index in [2.05, 4.69) is 11.9 Å². The van der Waals surface area contributed by atoms with Crippen LogP contribution in [0.3, 0.4) is 0 Å². The number of carbonyl (C=O) groups is 2. The number of ether oxygens (including phenoxy) is 1. The Morgan fingerprint density at radius 3 is 2.34 bits per heavy atom. The Kier molecular flexibility index (Phi) is 7.36. The van der Waals surface area contributed by atoms with Gasteiger partial charge in [-0.3, -0.25) is 9.69 Å². The Morgan fingerprint density at radius 1 is 1.00 bits per heavy atom. The Bertz CT molecular complexity index is 1390. The molecule has 0 saturated heterocycles. The lowest BCUT2D eigenvalue weighted by Gasteiger charge is -2.32. The molecule has 0 spiro atoms. The van der Waals surface area contributed by atoms with Gasteiger partial charge < -0.3 is 13.6 Å². The fourth-order valence-electron chi connectivity index (χ4n) is 5.12. The lowest BCUT2D eigenvalue weighted by molar-refractivity contribution is -0.124. The van der Waals surface area contributed by atoms with Crippen LogP contribution in [0, 0.1) is 11.8 Å². The number of hydrogen-bond donors (Lipinski definition) is 0. The first kappa shape index (κ1) is 25.8. The van der Waals surface area contributed by atoms with E-state index in [1.54, 1.807) is 17.9 Å². The van der Waals surface area contributed by atoms with Crippen LogP contribution in [-0.4, -0.2) is 29.5 Å². The van der Waals surface area contributed by atoms with E-state index in [9.17, 15) is 9.59 Å². The van der Waals surface area contributed by atoms with Crippen molar-refractivity contribution in [1.82, 2.24) is 4.98 Å². The van der Waals surface area contributed by atoms with Gasteiger partial charge in [0.1, 0.15) is 16.8 Å². The van der Waals surface area contributed by atoms with Crippen LogP contribution in [0.5, 0.6) is 0 Å². The summed E-state index contributed by atoms with van der Waals surface area (Å²) in [5.74, 6) is 1.33. The molecule has 2 heterocycles. The molecule has 38 heavy (non-hydrogen) atoms. The number of rotatable bonds is 7. The Labute approximate surface area is 222 Å². The third kappa shape index (κ3) is 5.10. The second-order valence-electron chi connectivity index (χ2n) is 10.4. The summed E-state index contributed by atoms with van der Waals surface area (Å²) in [5, 5.41) is 0. The lowest BCUT2D eigenvalue weighted by atomic mass is 9.82. The Balaban J connectivity index is 1.48. The van der Waals surface area contributed by atoms with Crippen LogP contribution in [-0.2, 0) is 9.53 Å². The van der Waals surface area contributed by atoms with Crippen molar-refractivity contribution in [2.24, 2.45) is 11.8 Å². The Hall–Kier alpha value is -3.87. The van der Waals surface area contributed by atoms with E-state index in [-0.39, 0.29) is 35.9 Å². The fraction of sp³-hybridized carbons (Fsp3) is 0.387. The standard InChI is InChI=1S/C31H34N2O5/c1-5-36-31(35)24-18-27(38-30(24)33(19(2)3)29(34)23-12-10-20(4)11-13-23)21-14-16-22(17-15-21)28-32-25-8-6-7-9-26(25)37-28/h6-9,14-20,23H,5,10-13H2,1-4H3. The maximum atomic E-state index is 13.7. The van der Waals surface area contributed by atoms with Crippen molar-refractivity contribution >= 4 is 28.9 Å². The molecule has 0 atom stereocenters. The smallest absolute Gasteiger partial charge is 0.343 e. The van der Waals surface area contributed by atoms with E-state index >= 15 is 0 Å². The molecule has 7 nitrogen and oxygen atoms in total. The molecule has 0 radical (unpaired) electrons. The van der Waals surface area contributed by atoms with Crippen LogP contribution in [0.2, 0.25) is 0 Å². The monoisotopic (exact) mass is 514 g/mol. The minimum Gasteiger partial charge on any atom is -0.462 e. The van der Waals surface area contributed by atoms with Crippen LogP contribution in [0.4, 0.5) is 5.88 Å². The minimum absolute atomic E-state index is 0.00431. The summed E-state index contributed by atoms with van der Waals surface area (Å²) in [5.41, 5.74) is 3.38. The van der Waals surface area contributed by atoms with Crippen LogP contribution in [0.25, 0.3) is 33.9 Å². The highest BCUT2D eigenvalue weighted by Crippen LogP contribution is 2.37. The Morgan fingerprint density at radius 2 is 1.68 bits per heavy atom. The van der Waals surface area contributed by atoms with Crippen LogP contribution in [0.1, 0.15) is 63.7 Å². The topological polar surface area (TPSA) is 85.8 Å². The largest absolute Gasteiger partial charge is 0.462 e. The van der Waals surface area contributed by atoms with Crippen molar-refractivity contribution in [2.45, 2.75) is 59.4 Å². The van der Waals surface area contributed by atoms with E-state index in [0.29, 0.717) is 17.6 Å². The van der Waals surface area contributed by atoms with Gasteiger partial charge in [-0.1, -0.05) is 31.2 Å². The summed E-state index contributed by atoms with van der Waals surface area (Å²) >= 11 is 0. The first-order valence-electron chi connectivity index (χ1n) is 13.5. The number of para-hydroxylation sites is 2. The number of fused-ring (bicyclic) bond motifs is 1. The number of esters is 1. The van der Waals surface area contributed by atoms with E-state index in [1.165, 1.54) is 0 Å². The van der Waals surface area contributed by atoms with Crippen molar-refractivity contribution in [3.05, 3.63) is 60.2 Å². The zero-order valence-corrected chi connectivity index (χ0v) is 22.4. The highest BCUT2D eigenvalue weighted by atomic mass is 16.5. The zero-order valence-electron chi connectivity index (χ0n) is 22.4. The van der Waals surface area contributed by atoms with Crippen molar-refractivity contribution in [3.63, 3.8) is 0 Å². The quantitative estimate of drug-likeness (QED) is 0.237. The first-order valence-corrected chi connectivity index (χ1v) is 13.5. The number of aromatic nitrogens is 1. The normalized spacial score (nSPS) is 17.6. The summed E-state index contributed by atoms with van der Waals surface area (Å²) < 4.78 is 17.5. The first-order chi connectivity index (χ1) is 18.4. The van der Waals surface area contributed by atoms with E-state index in [0.717, 1.165) is 47.9 Å². The molecular formula is C31H34N2O5. The SMILES string of the molecule is CCOC(=O)c1cc(-c2ccc(-c3nc4ccccc4o3)cc2)oc1N(C(=O)C1CCC(C)CC1)C(C)C. The molecule has 1 aliphatic rings. The van der Waals surface area contributed by atoms with Gasteiger partial charge in [-0.25, -0.2) is 9.78 Å². The van der Waals surface area contributed by atoms with Gasteiger partial charge >= 0.3 is 5.97 Å². The van der Waals surface area contributed by atoms with Gasteiger partial charge in [0.15, 0.2) is 5.58 Å². The number of hydrogen-bond acceptors (Lipinski definition) is 6. The summed E-state index contributed by atoms with van der Waals surface area (Å²) in [6, 6.07) is 16.7. The molecule has 1 fully saturated rings. The number of anilines is 1. The van der Waals surface area contributed by atoms with Gasteiger partial charge in [0.25, 0.3) is 0 Å². The van der Waals surface area contributed by atoms with Crippen LogP contribution in [0.15, 0.2) is 63.4 Å². The maximum Gasteiger partial charge on any atom is 0.343 e. The average Bonchev–Trinajstić information content (AvgIpc) is 3.54. The van der Waals surface area contributed by atoms with Crippen molar-refractivity contribution in [3.8, 4) is 22.8 Å². The molecule has 1 saturated carbocycles. The molecule has 1 aliphatic carbocycles. The molecule has 1 amide bonds. The number of carbonyl (C=O) groups excluding carboxylic acids is 2. The molecule has 4 aromatic rings. The summed E-state index contributed by atoms with van der Waals surface area (Å²) in [6.45, 7) is 8.10. The van der Waals surface area contributed by atoms with Crippen LogP contribution >= 0.6 is 0 Å². The molecule has 2 aromatic heterocycles. The third-order valence-corrected chi connectivity index (χ3v) is 7.26. The van der Waals surface area contributed by atoms with Gasteiger partial charge in [-0.15, -0.1) is 0 Å². The van der Waals surface area contributed by atoms with Gasteiger partial charge in [0.05, 0.1) is 6.61 Å². The molecule has 0 N–H and O–H groups in total. The highest BCUT2D eigenvalue weighted by Gasteiger charge is 2.35. The predicted octanol–water partition coefficient (Wildman–Crippen LogP) is 7.50. The summed E-state index contributed by atoms with van der Waals surface area (Å²) in [4.78, 5) is 32.9. The second-order valence-corrected chi connectivity index (χ2v) is 10.4. The lowest BCUT2D eigenvalue weighted by Crippen LogP contribution is -2.42. The second kappa shape index (κ2) is 10.9. The molecule has 198 valence electrons. The molecule has 0 aliphatic heterocycles. The number of amides is 1. The number of nitrogens with zero attached hydrogens (tertiary/aromatic N) is 2. The fourth-order valence-corrected chi connectivity index (χ4v) is 5.12. The van der Waals surface area contributed by atoms with Crippen molar-refractivity contribution < 1.29 is 23.2 Å². The van der Waals surface area contributed by atoms with Gasteiger partial charge in [-0.2, -0.15) is 0 Å². The predicted molar refractivity (Wildman–Crippen MR) is 147 cm³/mol. The van der Waals surface area contributed by atoms with Crippen molar-refractivity contribution in [2.75, 3.05) is 11.5 Å². The minimum atomic E-state index is -0.503. The molecule has 2 aromatic carbocycles. The van der Waals surface area contributed by atoms with Gasteiger partial charge in [0, 0.05) is 29.2 Å². The van der Waals surface area contributed by atoms with E-state index in [4.69, 9.17) is 13.6 Å². The zero-order chi connectivity index (χ0) is 26.8. The van der Waals surface area contributed by atoms with Crippen LogP contribution < -0.4 is 4.90 Å². The highest BCUT2D eigenvalue weighted by molar-refractivity contribution is 6.03.